The molecule has 3 rings (SSSR count). The van der Waals surface area contributed by atoms with Crippen LogP contribution in [0.25, 0.3) is 22.5 Å². The molecule has 44 heavy (non-hydrogen) atoms. The van der Waals surface area contributed by atoms with Crippen LogP contribution in [0.4, 0.5) is 74.6 Å². The highest BCUT2D eigenvalue weighted by molar-refractivity contribution is 5.95. The van der Waals surface area contributed by atoms with E-state index in [0.717, 1.165) is 22.9 Å². The lowest BCUT2D eigenvalue weighted by Crippen LogP contribution is -2.74. The molecule has 2 nitrogen and oxygen atoms in total. The summed E-state index contributed by atoms with van der Waals surface area (Å²) in [5.74, 6) is -57.1. The summed E-state index contributed by atoms with van der Waals surface area (Å²) >= 11 is 0. The van der Waals surface area contributed by atoms with E-state index in [4.69, 9.17) is 0 Å². The molecule has 242 valence electrons. The summed E-state index contributed by atoms with van der Waals surface area (Å²) in [5, 5.41) is 0.403. The lowest BCUT2D eigenvalue weighted by atomic mass is 9.88. The van der Waals surface area contributed by atoms with E-state index < -0.39 is 59.3 Å². The van der Waals surface area contributed by atoms with E-state index in [-0.39, 0.29) is 29.1 Å². The fourth-order valence-electron chi connectivity index (χ4n) is 3.84. The zero-order valence-corrected chi connectivity index (χ0v) is 20.7. The fourth-order valence-corrected chi connectivity index (χ4v) is 3.84. The Hall–Kier alpha value is -3.80. The zero-order valence-electron chi connectivity index (χ0n) is 20.7. The van der Waals surface area contributed by atoms with Gasteiger partial charge in [-0.15, -0.1) is 0 Å². The SMILES string of the molecule is O=Cc1cccn1-c1c(/C=C/C(F)(F)C(F)(F)C(F)(F)C(F)(F)C(F)(F)C(F)(F)C(F)(F)C(F)(F)F)ccc2ccccc12. The first-order valence-corrected chi connectivity index (χ1v) is 11.3. The molecule has 0 fully saturated rings. The van der Waals surface area contributed by atoms with Gasteiger partial charge in [0.1, 0.15) is 0 Å². The van der Waals surface area contributed by atoms with Gasteiger partial charge >= 0.3 is 47.6 Å². The second-order valence-corrected chi connectivity index (χ2v) is 9.05. The van der Waals surface area contributed by atoms with Crippen molar-refractivity contribution in [2.75, 3.05) is 0 Å². The maximum atomic E-state index is 14.5. The average molecular weight is 665 g/mol. The topological polar surface area (TPSA) is 22.0 Å². The van der Waals surface area contributed by atoms with Crippen molar-refractivity contribution in [1.29, 1.82) is 0 Å². The van der Waals surface area contributed by atoms with Crippen molar-refractivity contribution in [1.82, 2.24) is 4.57 Å². The van der Waals surface area contributed by atoms with E-state index in [1.807, 2.05) is 0 Å². The number of aromatic nitrogens is 1. The molecule has 0 spiro atoms. The van der Waals surface area contributed by atoms with Crippen molar-refractivity contribution in [3.05, 3.63) is 72.1 Å². The summed E-state index contributed by atoms with van der Waals surface area (Å²) in [4.78, 5) is 11.4. The Labute approximate surface area is 233 Å². The summed E-state index contributed by atoms with van der Waals surface area (Å²) in [7, 11) is 0. The van der Waals surface area contributed by atoms with Crippen LogP contribution in [0.1, 0.15) is 16.1 Å². The van der Waals surface area contributed by atoms with Crippen LogP contribution in [0.3, 0.4) is 0 Å². The van der Waals surface area contributed by atoms with Crippen LogP contribution in [-0.4, -0.2) is 58.5 Å². The summed E-state index contributed by atoms with van der Waals surface area (Å²) in [6.45, 7) is 0. The van der Waals surface area contributed by atoms with Gasteiger partial charge in [0.15, 0.2) is 6.29 Å². The molecular weight excluding hydrogens is 653 g/mol. The monoisotopic (exact) mass is 665 g/mol. The van der Waals surface area contributed by atoms with Gasteiger partial charge in [-0.25, -0.2) is 0 Å². The minimum atomic E-state index is -8.70. The number of hydrogen-bond acceptors (Lipinski definition) is 1. The van der Waals surface area contributed by atoms with E-state index in [0.29, 0.717) is 5.39 Å². The fraction of sp³-hybridized carbons (Fsp3) is 0.320. The molecule has 3 aromatic rings. The van der Waals surface area contributed by atoms with Gasteiger partial charge in [0.25, 0.3) is 0 Å². The van der Waals surface area contributed by atoms with Crippen LogP contribution in [0.2, 0.25) is 0 Å². The molecule has 0 saturated carbocycles. The van der Waals surface area contributed by atoms with E-state index in [1.165, 1.54) is 36.4 Å². The zero-order chi connectivity index (χ0) is 33.9. The van der Waals surface area contributed by atoms with Crippen LogP contribution in [0, 0.1) is 0 Å². The highest BCUT2D eigenvalue weighted by atomic mass is 19.4. The first kappa shape index (κ1) is 34.7. The van der Waals surface area contributed by atoms with E-state index in [2.05, 4.69) is 0 Å². The van der Waals surface area contributed by atoms with Gasteiger partial charge < -0.3 is 4.57 Å². The largest absolute Gasteiger partial charge is 0.460 e. The molecule has 2 aromatic carbocycles. The van der Waals surface area contributed by atoms with Crippen molar-refractivity contribution in [2.45, 2.75) is 47.6 Å². The normalized spacial score (nSPS) is 14.9. The number of nitrogens with zero attached hydrogens (tertiary/aromatic N) is 1. The molecule has 1 heterocycles. The van der Waals surface area contributed by atoms with Crippen LogP contribution >= 0.6 is 0 Å². The van der Waals surface area contributed by atoms with Crippen molar-refractivity contribution in [3.8, 4) is 5.69 Å². The second-order valence-electron chi connectivity index (χ2n) is 9.05. The van der Waals surface area contributed by atoms with E-state index in [1.54, 1.807) is 0 Å². The van der Waals surface area contributed by atoms with Crippen molar-refractivity contribution in [2.24, 2.45) is 0 Å². The number of fused-ring (bicyclic) bond motifs is 1. The molecule has 19 heteroatoms. The predicted molar refractivity (Wildman–Crippen MR) is 118 cm³/mol. The van der Waals surface area contributed by atoms with Gasteiger partial charge in [0, 0.05) is 11.6 Å². The Balaban J connectivity index is 2.15. The third-order valence-corrected chi connectivity index (χ3v) is 6.29. The number of allylic oxidation sites excluding steroid dienone is 1. The first-order valence-electron chi connectivity index (χ1n) is 11.3. The van der Waals surface area contributed by atoms with Gasteiger partial charge in [0.05, 0.1) is 11.4 Å². The molecule has 0 bridgehead atoms. The average Bonchev–Trinajstić information content (AvgIpc) is 3.38. The van der Waals surface area contributed by atoms with Crippen molar-refractivity contribution < 1.29 is 79.4 Å². The number of rotatable bonds is 10. The summed E-state index contributed by atoms with van der Waals surface area (Å²) in [5.41, 5.74) is -1.10. The lowest BCUT2D eigenvalue weighted by molar-refractivity contribution is -0.459. The van der Waals surface area contributed by atoms with Crippen molar-refractivity contribution >= 4 is 23.1 Å². The summed E-state index contributed by atoms with van der Waals surface area (Å²) < 4.78 is 232. The molecule has 0 saturated heterocycles. The molecule has 0 radical (unpaired) electrons. The Morgan fingerprint density at radius 1 is 0.545 bits per heavy atom. The number of hydrogen-bond donors (Lipinski definition) is 0. The van der Waals surface area contributed by atoms with E-state index >= 15 is 0 Å². The summed E-state index contributed by atoms with van der Waals surface area (Å²) in [6, 6.07) is 10.0. The maximum absolute atomic E-state index is 14.5. The lowest BCUT2D eigenvalue weighted by Gasteiger charge is -2.42. The molecule has 0 aliphatic heterocycles. The number of aldehydes is 1. The molecule has 1 aromatic heterocycles. The third kappa shape index (κ3) is 4.78. The molecule has 0 amide bonds. The number of carbonyl (C=O) groups is 1. The molecule has 0 atom stereocenters. The first-order chi connectivity index (χ1) is 19.7. The third-order valence-electron chi connectivity index (χ3n) is 6.29. The standard InChI is InChI=1S/C25H12F17NO/c26-18(27,10-9-14-8-7-13-4-1-2-6-16(13)17(14)43-11-3-5-15(43)12-44)19(28,29)20(30,31)21(32,33)22(34,35)23(36,37)24(38,39)25(40,41)42/h1-12H/b10-9+. The smallest absolute Gasteiger partial charge is 0.313 e. The molecule has 0 unspecified atom stereocenters. The maximum Gasteiger partial charge on any atom is 0.460 e. The highest BCUT2D eigenvalue weighted by Crippen LogP contribution is 2.64. The minimum absolute atomic E-state index is 0.0911. The minimum Gasteiger partial charge on any atom is -0.313 e. The quantitative estimate of drug-likeness (QED) is 0.156. The molecule has 0 aliphatic rings. The van der Waals surface area contributed by atoms with Crippen molar-refractivity contribution in [3.63, 3.8) is 0 Å². The predicted octanol–water partition coefficient (Wildman–Crippen LogP) is 9.47. The Bertz CT molecular complexity index is 1570. The Morgan fingerprint density at radius 3 is 1.57 bits per heavy atom. The number of alkyl halides is 17. The van der Waals surface area contributed by atoms with Gasteiger partial charge in [-0.3, -0.25) is 4.79 Å². The van der Waals surface area contributed by atoms with Crippen LogP contribution in [-0.2, 0) is 0 Å². The van der Waals surface area contributed by atoms with Gasteiger partial charge in [-0.2, -0.15) is 74.6 Å². The number of carbonyl (C=O) groups excluding carboxylic acids is 1. The molecule has 0 N–H and O–H groups in total. The van der Waals surface area contributed by atoms with Gasteiger partial charge in [-0.1, -0.05) is 42.5 Å². The van der Waals surface area contributed by atoms with Crippen LogP contribution in [0.5, 0.6) is 0 Å². The Kier molecular flexibility index (Phi) is 8.19. The Morgan fingerprint density at radius 2 is 1.05 bits per heavy atom. The van der Waals surface area contributed by atoms with Crippen LogP contribution in [0.15, 0.2) is 60.8 Å². The summed E-state index contributed by atoms with van der Waals surface area (Å²) in [6.07, 6.45) is -7.80. The van der Waals surface area contributed by atoms with E-state index in [9.17, 15) is 79.4 Å². The van der Waals surface area contributed by atoms with Gasteiger partial charge in [0.2, 0.25) is 0 Å². The van der Waals surface area contributed by atoms with Crippen LogP contribution < -0.4 is 0 Å². The highest BCUT2D eigenvalue weighted by Gasteiger charge is 2.95. The molecular formula is C25H12F17NO. The number of benzene rings is 2. The number of halogens is 17. The van der Waals surface area contributed by atoms with Gasteiger partial charge in [-0.05, 0) is 29.2 Å². The second kappa shape index (κ2) is 10.4. The molecule has 0 aliphatic carbocycles.